The molecule has 0 saturated carbocycles. The average molecular weight is 314 g/mol. The second kappa shape index (κ2) is 6.06. The molecule has 0 heterocycles. The lowest BCUT2D eigenvalue weighted by molar-refractivity contribution is -0.304. The van der Waals surface area contributed by atoms with Crippen LogP contribution in [0.25, 0.3) is 6.08 Å². The van der Waals surface area contributed by atoms with Crippen molar-refractivity contribution in [3.63, 3.8) is 0 Å². The smallest absolute Gasteiger partial charge is 0.439 e. The molecule has 0 fully saturated rings. The zero-order valence-corrected chi connectivity index (χ0v) is 10.1. The summed E-state index contributed by atoms with van der Waals surface area (Å²) in [5, 5.41) is 8.36. The van der Waals surface area contributed by atoms with Crippen molar-refractivity contribution in [2.45, 2.75) is 18.5 Å². The molecule has 0 aromatic heterocycles. The van der Waals surface area contributed by atoms with Crippen LogP contribution in [-0.2, 0) is 4.79 Å². The molecule has 1 N–H and O–H groups in total. The number of halogens is 6. The van der Waals surface area contributed by atoms with Gasteiger partial charge in [0.25, 0.3) is 6.17 Å². The van der Waals surface area contributed by atoms with Crippen molar-refractivity contribution in [2.24, 2.45) is 0 Å². The molecular formula is C12H8F6O3. The summed E-state index contributed by atoms with van der Waals surface area (Å²) >= 11 is 0. The fourth-order valence-electron chi connectivity index (χ4n) is 1.21. The van der Waals surface area contributed by atoms with E-state index in [0.717, 1.165) is 36.4 Å². The number of rotatable bonds is 5. The molecule has 1 aromatic rings. The molecule has 21 heavy (non-hydrogen) atoms. The molecule has 0 saturated heterocycles. The second-order valence-electron chi connectivity index (χ2n) is 3.81. The van der Waals surface area contributed by atoms with Crippen LogP contribution in [0.2, 0.25) is 0 Å². The highest BCUT2D eigenvalue weighted by atomic mass is 19.4. The van der Waals surface area contributed by atoms with Gasteiger partial charge in [0.15, 0.2) is 0 Å². The van der Waals surface area contributed by atoms with Crippen molar-refractivity contribution in [1.82, 2.24) is 0 Å². The molecule has 0 unspecified atom stereocenters. The van der Waals surface area contributed by atoms with Crippen LogP contribution in [0.4, 0.5) is 26.3 Å². The SMILES string of the molecule is O=C(O)/C=C/c1ccc(OC(F)(F)[C@H](F)C(F)(F)F)cc1. The molecule has 0 radical (unpaired) electrons. The highest BCUT2D eigenvalue weighted by Crippen LogP contribution is 2.36. The Morgan fingerprint density at radius 2 is 1.67 bits per heavy atom. The number of hydrogen-bond donors (Lipinski definition) is 1. The molecule has 0 amide bonds. The van der Waals surface area contributed by atoms with Gasteiger partial charge in [-0.25, -0.2) is 9.18 Å². The first-order chi connectivity index (χ1) is 9.52. The minimum absolute atomic E-state index is 0.278. The Morgan fingerprint density at radius 3 is 2.10 bits per heavy atom. The summed E-state index contributed by atoms with van der Waals surface area (Å²) in [6, 6.07) is 3.95. The number of carboxylic acids is 1. The monoisotopic (exact) mass is 314 g/mol. The van der Waals surface area contributed by atoms with E-state index in [4.69, 9.17) is 5.11 Å². The van der Waals surface area contributed by atoms with Gasteiger partial charge in [-0.1, -0.05) is 12.1 Å². The Labute approximate surface area is 114 Å². The summed E-state index contributed by atoms with van der Waals surface area (Å²) in [4.78, 5) is 10.2. The molecule has 0 bridgehead atoms. The topological polar surface area (TPSA) is 46.5 Å². The van der Waals surface area contributed by atoms with E-state index in [9.17, 15) is 31.1 Å². The Bertz CT molecular complexity index is 521. The van der Waals surface area contributed by atoms with E-state index in [2.05, 4.69) is 4.74 Å². The second-order valence-corrected chi connectivity index (χ2v) is 3.81. The third-order valence-corrected chi connectivity index (χ3v) is 2.13. The summed E-state index contributed by atoms with van der Waals surface area (Å²) in [6.07, 6.45) is -13.4. The van der Waals surface area contributed by atoms with Gasteiger partial charge in [0.1, 0.15) is 5.75 Å². The standard InChI is InChI=1S/C12H8F6O3/c13-10(11(14,15)16)12(17,18)21-8-4-1-7(2-5-8)3-6-9(19)20/h1-6,10H,(H,19,20)/b6-3+/t10-/m1/s1. The van der Waals surface area contributed by atoms with Crippen molar-refractivity contribution in [1.29, 1.82) is 0 Å². The molecule has 116 valence electrons. The predicted molar refractivity (Wildman–Crippen MR) is 59.6 cm³/mol. The summed E-state index contributed by atoms with van der Waals surface area (Å²) in [6.45, 7) is 0. The van der Waals surface area contributed by atoms with Gasteiger partial charge in [0.05, 0.1) is 0 Å². The molecule has 0 aliphatic carbocycles. The van der Waals surface area contributed by atoms with Crippen LogP contribution in [-0.4, -0.2) is 29.5 Å². The molecule has 3 nitrogen and oxygen atoms in total. The summed E-state index contributed by atoms with van der Waals surface area (Å²) in [7, 11) is 0. The van der Waals surface area contributed by atoms with Crippen LogP contribution >= 0.6 is 0 Å². The summed E-state index contributed by atoms with van der Waals surface area (Å²) in [5.74, 6) is -1.94. The Morgan fingerprint density at radius 1 is 1.14 bits per heavy atom. The number of hydrogen-bond acceptors (Lipinski definition) is 2. The first-order valence-electron chi connectivity index (χ1n) is 5.31. The number of benzene rings is 1. The van der Waals surface area contributed by atoms with Crippen LogP contribution in [0, 0.1) is 0 Å². The van der Waals surface area contributed by atoms with Crippen molar-refractivity contribution in [3.05, 3.63) is 35.9 Å². The highest BCUT2D eigenvalue weighted by molar-refractivity contribution is 5.85. The van der Waals surface area contributed by atoms with Gasteiger partial charge in [-0.05, 0) is 23.8 Å². The zero-order chi connectivity index (χ0) is 16.3. The number of aliphatic carboxylic acids is 1. The van der Waals surface area contributed by atoms with Crippen LogP contribution in [0.5, 0.6) is 5.75 Å². The van der Waals surface area contributed by atoms with Crippen LogP contribution in [0.1, 0.15) is 5.56 Å². The lowest BCUT2D eigenvalue weighted by atomic mass is 10.2. The van der Waals surface area contributed by atoms with Crippen LogP contribution in [0.15, 0.2) is 30.3 Å². The quantitative estimate of drug-likeness (QED) is 0.666. The molecule has 9 heteroatoms. The first-order valence-corrected chi connectivity index (χ1v) is 5.31. The molecule has 0 aliphatic rings. The summed E-state index contributed by atoms with van der Waals surface area (Å²) < 4.78 is 77.8. The number of ether oxygens (including phenoxy) is 1. The number of alkyl halides is 6. The van der Waals surface area contributed by atoms with Crippen molar-refractivity contribution in [2.75, 3.05) is 0 Å². The van der Waals surface area contributed by atoms with Crippen molar-refractivity contribution in [3.8, 4) is 5.75 Å². The van der Waals surface area contributed by atoms with Gasteiger partial charge in [0, 0.05) is 6.08 Å². The van der Waals surface area contributed by atoms with Crippen LogP contribution in [0.3, 0.4) is 0 Å². The summed E-state index contributed by atoms with van der Waals surface area (Å²) in [5.41, 5.74) is 0.278. The van der Waals surface area contributed by atoms with Gasteiger partial charge in [-0.2, -0.15) is 22.0 Å². The fourth-order valence-corrected chi connectivity index (χ4v) is 1.21. The van der Waals surface area contributed by atoms with E-state index in [0.29, 0.717) is 0 Å². The minimum atomic E-state index is -5.76. The number of carbonyl (C=O) groups is 1. The van der Waals surface area contributed by atoms with E-state index in [-0.39, 0.29) is 5.56 Å². The average Bonchev–Trinajstić information content (AvgIpc) is 2.35. The van der Waals surface area contributed by atoms with E-state index in [1.165, 1.54) is 0 Å². The lowest BCUT2D eigenvalue weighted by Gasteiger charge is -2.23. The lowest BCUT2D eigenvalue weighted by Crippen LogP contribution is -2.45. The minimum Gasteiger partial charge on any atom is -0.478 e. The van der Waals surface area contributed by atoms with Gasteiger partial charge >= 0.3 is 18.3 Å². The Hall–Kier alpha value is -2.19. The normalized spacial score (nSPS) is 14.2. The van der Waals surface area contributed by atoms with Crippen molar-refractivity contribution >= 4 is 12.0 Å². The molecule has 1 aromatic carbocycles. The van der Waals surface area contributed by atoms with E-state index < -0.39 is 30.2 Å². The van der Waals surface area contributed by atoms with E-state index in [1.807, 2.05) is 0 Å². The zero-order valence-electron chi connectivity index (χ0n) is 10.1. The maximum Gasteiger partial charge on any atom is 0.439 e. The number of carboxylic acid groups (broad SMARTS) is 1. The molecule has 0 aliphatic heterocycles. The third-order valence-electron chi connectivity index (χ3n) is 2.13. The Kier molecular flexibility index (Phi) is 4.87. The predicted octanol–water partition coefficient (Wildman–Crippen LogP) is 3.66. The fraction of sp³-hybridized carbons (Fsp3) is 0.250. The van der Waals surface area contributed by atoms with Gasteiger partial charge < -0.3 is 9.84 Å². The van der Waals surface area contributed by atoms with Crippen molar-refractivity contribution < 1.29 is 41.0 Å². The molecule has 1 atom stereocenters. The molecule has 1 rings (SSSR count). The van der Waals surface area contributed by atoms with Gasteiger partial charge in [-0.3, -0.25) is 0 Å². The molecule has 0 spiro atoms. The third kappa shape index (κ3) is 5.01. The maximum absolute atomic E-state index is 12.9. The van der Waals surface area contributed by atoms with Crippen LogP contribution < -0.4 is 4.74 Å². The van der Waals surface area contributed by atoms with E-state index in [1.54, 1.807) is 0 Å². The van der Waals surface area contributed by atoms with E-state index >= 15 is 0 Å². The maximum atomic E-state index is 12.9. The van der Waals surface area contributed by atoms with Gasteiger partial charge in [-0.15, -0.1) is 0 Å². The first kappa shape index (κ1) is 16.9. The molecular weight excluding hydrogens is 306 g/mol. The van der Waals surface area contributed by atoms with Gasteiger partial charge in [0.2, 0.25) is 0 Å². The Balaban J connectivity index is 2.82. The largest absolute Gasteiger partial charge is 0.478 e. The highest BCUT2D eigenvalue weighted by Gasteiger charge is 2.59.